The molecule has 0 bridgehead atoms. The van der Waals surface area contributed by atoms with Gasteiger partial charge in [0.25, 0.3) is 0 Å². The zero-order valence-electron chi connectivity index (χ0n) is 9.48. The smallest absolute Gasteiger partial charge is 0.122 e. The number of nitrogens with two attached hydrogens (primary N) is 1. The van der Waals surface area contributed by atoms with Gasteiger partial charge in [0.15, 0.2) is 0 Å². The lowest BCUT2D eigenvalue weighted by atomic mass is 10.1. The summed E-state index contributed by atoms with van der Waals surface area (Å²) in [6, 6.07) is 6.55. The van der Waals surface area contributed by atoms with Crippen molar-refractivity contribution in [2.24, 2.45) is 11.7 Å². The molecule has 2 aliphatic heterocycles. The van der Waals surface area contributed by atoms with Gasteiger partial charge in [-0.15, -0.1) is 0 Å². The fraction of sp³-hybridized carbons (Fsp3) is 0.538. The molecule has 0 amide bonds. The first-order valence-corrected chi connectivity index (χ1v) is 6.07. The molecule has 1 aromatic rings. The maximum Gasteiger partial charge on any atom is 0.122 e. The average molecular weight is 218 g/mol. The zero-order valence-corrected chi connectivity index (χ0v) is 9.48. The summed E-state index contributed by atoms with van der Waals surface area (Å²) in [5.41, 5.74) is 8.41. The summed E-state index contributed by atoms with van der Waals surface area (Å²) >= 11 is 0. The van der Waals surface area contributed by atoms with Gasteiger partial charge in [-0.1, -0.05) is 0 Å². The minimum absolute atomic E-state index is 0.671. The van der Waals surface area contributed by atoms with Crippen molar-refractivity contribution in [3.63, 3.8) is 0 Å². The Morgan fingerprint density at radius 2 is 2.38 bits per heavy atom. The first kappa shape index (κ1) is 9.97. The lowest BCUT2D eigenvalue weighted by Gasteiger charge is -2.19. The lowest BCUT2D eigenvalue weighted by molar-refractivity contribution is 0.357. The Hall–Kier alpha value is -1.22. The molecule has 2 N–H and O–H groups in total. The molecule has 3 rings (SSSR count). The summed E-state index contributed by atoms with van der Waals surface area (Å²) in [4.78, 5) is 2.44. The lowest BCUT2D eigenvalue weighted by Crippen LogP contribution is -2.22. The molecule has 0 spiro atoms. The van der Waals surface area contributed by atoms with E-state index in [9.17, 15) is 0 Å². The van der Waals surface area contributed by atoms with Crippen LogP contribution in [0.1, 0.15) is 12.0 Å². The minimum Gasteiger partial charge on any atom is -0.493 e. The maximum atomic E-state index is 5.72. The molecular weight excluding hydrogens is 200 g/mol. The molecule has 0 aliphatic carbocycles. The van der Waals surface area contributed by atoms with Crippen LogP contribution in [0, 0.1) is 5.92 Å². The van der Waals surface area contributed by atoms with Gasteiger partial charge in [0.05, 0.1) is 6.61 Å². The molecule has 16 heavy (non-hydrogen) atoms. The van der Waals surface area contributed by atoms with Crippen LogP contribution in [0.3, 0.4) is 0 Å². The molecule has 0 saturated carbocycles. The average Bonchev–Trinajstić information content (AvgIpc) is 2.96. The van der Waals surface area contributed by atoms with Crippen molar-refractivity contribution >= 4 is 5.69 Å². The van der Waals surface area contributed by atoms with Crippen LogP contribution in [0.5, 0.6) is 5.75 Å². The van der Waals surface area contributed by atoms with Crippen LogP contribution < -0.4 is 15.4 Å². The van der Waals surface area contributed by atoms with E-state index in [0.29, 0.717) is 5.92 Å². The number of hydrogen-bond acceptors (Lipinski definition) is 3. The topological polar surface area (TPSA) is 38.5 Å². The fourth-order valence-corrected chi connectivity index (χ4v) is 2.63. The second-order valence-corrected chi connectivity index (χ2v) is 4.73. The van der Waals surface area contributed by atoms with Gasteiger partial charge in [0.1, 0.15) is 5.75 Å². The molecule has 2 aliphatic rings. The van der Waals surface area contributed by atoms with Crippen molar-refractivity contribution in [2.45, 2.75) is 12.8 Å². The van der Waals surface area contributed by atoms with Crippen LogP contribution in [0.15, 0.2) is 18.2 Å². The Kier molecular flexibility index (Phi) is 2.48. The van der Waals surface area contributed by atoms with Crippen LogP contribution in [0.4, 0.5) is 5.69 Å². The molecule has 1 saturated heterocycles. The van der Waals surface area contributed by atoms with Crippen LogP contribution in [-0.2, 0) is 6.42 Å². The zero-order chi connectivity index (χ0) is 11.0. The van der Waals surface area contributed by atoms with Gasteiger partial charge in [0, 0.05) is 25.2 Å². The molecular formula is C13H18N2O. The Balaban J connectivity index is 1.80. The molecule has 86 valence electrons. The predicted octanol–water partition coefficient (Wildman–Crippen LogP) is 1.41. The molecule has 1 atom stereocenters. The third-order valence-electron chi connectivity index (χ3n) is 3.66. The number of nitrogens with zero attached hydrogens (tertiary/aromatic N) is 1. The van der Waals surface area contributed by atoms with Crippen LogP contribution >= 0.6 is 0 Å². The van der Waals surface area contributed by atoms with Crippen LogP contribution in [0.25, 0.3) is 0 Å². The van der Waals surface area contributed by atoms with Crippen molar-refractivity contribution in [3.05, 3.63) is 23.8 Å². The largest absolute Gasteiger partial charge is 0.493 e. The minimum atomic E-state index is 0.671. The standard InChI is InChI=1S/C13H18N2O/c14-8-10-3-5-15(9-10)12-1-2-13-11(7-12)4-6-16-13/h1-2,7,10H,3-6,8-9,14H2. The van der Waals surface area contributed by atoms with Crippen molar-refractivity contribution in [1.82, 2.24) is 0 Å². The number of rotatable bonds is 2. The fourth-order valence-electron chi connectivity index (χ4n) is 2.63. The van der Waals surface area contributed by atoms with Crippen LogP contribution in [0.2, 0.25) is 0 Å². The van der Waals surface area contributed by atoms with E-state index in [0.717, 1.165) is 38.4 Å². The van der Waals surface area contributed by atoms with Gasteiger partial charge < -0.3 is 15.4 Å². The number of ether oxygens (including phenoxy) is 1. The third-order valence-corrected chi connectivity index (χ3v) is 3.66. The summed E-state index contributed by atoms with van der Waals surface area (Å²) in [5.74, 6) is 1.74. The highest BCUT2D eigenvalue weighted by atomic mass is 16.5. The highest BCUT2D eigenvalue weighted by Gasteiger charge is 2.22. The first-order valence-electron chi connectivity index (χ1n) is 6.07. The van der Waals surface area contributed by atoms with Gasteiger partial charge in [-0.25, -0.2) is 0 Å². The molecule has 3 nitrogen and oxygen atoms in total. The maximum absolute atomic E-state index is 5.72. The Morgan fingerprint density at radius 1 is 1.44 bits per heavy atom. The van der Waals surface area contributed by atoms with Crippen LogP contribution in [-0.4, -0.2) is 26.2 Å². The van der Waals surface area contributed by atoms with Gasteiger partial charge >= 0.3 is 0 Å². The molecule has 3 heteroatoms. The molecule has 1 unspecified atom stereocenters. The number of hydrogen-bond donors (Lipinski definition) is 1. The van der Waals surface area contributed by atoms with E-state index < -0.39 is 0 Å². The summed E-state index contributed by atoms with van der Waals surface area (Å²) < 4.78 is 5.52. The highest BCUT2D eigenvalue weighted by molar-refractivity contribution is 5.54. The van der Waals surface area contributed by atoms with Gasteiger partial charge in [-0.05, 0) is 42.6 Å². The van der Waals surface area contributed by atoms with Crippen molar-refractivity contribution in [2.75, 3.05) is 31.1 Å². The van der Waals surface area contributed by atoms with E-state index in [1.807, 2.05) is 0 Å². The van der Waals surface area contributed by atoms with E-state index >= 15 is 0 Å². The van der Waals surface area contributed by atoms with E-state index in [1.165, 1.54) is 17.7 Å². The Morgan fingerprint density at radius 3 is 3.19 bits per heavy atom. The van der Waals surface area contributed by atoms with E-state index in [1.54, 1.807) is 0 Å². The van der Waals surface area contributed by atoms with Gasteiger partial charge in [-0.2, -0.15) is 0 Å². The summed E-state index contributed by atoms with van der Waals surface area (Å²) in [5, 5.41) is 0. The third kappa shape index (κ3) is 1.65. The van der Waals surface area contributed by atoms with Crippen molar-refractivity contribution in [3.8, 4) is 5.75 Å². The summed E-state index contributed by atoms with van der Waals surface area (Å²) in [6.45, 7) is 3.90. The molecule has 0 aromatic heterocycles. The highest BCUT2D eigenvalue weighted by Crippen LogP contribution is 2.31. The number of fused-ring (bicyclic) bond motifs is 1. The molecule has 0 radical (unpaired) electrons. The first-order chi connectivity index (χ1) is 7.86. The van der Waals surface area contributed by atoms with Crippen molar-refractivity contribution < 1.29 is 4.74 Å². The quantitative estimate of drug-likeness (QED) is 0.815. The van der Waals surface area contributed by atoms with Gasteiger partial charge in [0.2, 0.25) is 0 Å². The molecule has 1 aromatic carbocycles. The SMILES string of the molecule is NCC1CCN(c2ccc3c(c2)CCO3)C1. The van der Waals surface area contributed by atoms with Gasteiger partial charge in [-0.3, -0.25) is 0 Å². The predicted molar refractivity (Wildman–Crippen MR) is 65.0 cm³/mol. The van der Waals surface area contributed by atoms with E-state index in [4.69, 9.17) is 10.5 Å². The summed E-state index contributed by atoms with van der Waals surface area (Å²) in [7, 11) is 0. The van der Waals surface area contributed by atoms with Crippen molar-refractivity contribution in [1.29, 1.82) is 0 Å². The number of anilines is 1. The summed E-state index contributed by atoms with van der Waals surface area (Å²) in [6.07, 6.45) is 2.28. The molecule has 1 fully saturated rings. The normalized spacial score (nSPS) is 23.3. The van der Waals surface area contributed by atoms with E-state index in [2.05, 4.69) is 23.1 Å². The van der Waals surface area contributed by atoms with E-state index in [-0.39, 0.29) is 0 Å². The second-order valence-electron chi connectivity index (χ2n) is 4.73. The molecule has 2 heterocycles. The second kappa shape index (κ2) is 3.98. The monoisotopic (exact) mass is 218 g/mol. The number of benzene rings is 1. The Bertz CT molecular complexity index is 392. The Labute approximate surface area is 96.2 Å².